The summed E-state index contributed by atoms with van der Waals surface area (Å²) in [4.78, 5) is 12.2. The molecule has 0 unspecified atom stereocenters. The molecule has 2 N–H and O–H groups in total. The van der Waals surface area contributed by atoms with E-state index in [0.717, 1.165) is 24.3 Å². The van der Waals surface area contributed by atoms with E-state index >= 15 is 0 Å². The van der Waals surface area contributed by atoms with Crippen molar-refractivity contribution in [1.82, 2.24) is 0 Å². The molecule has 0 spiro atoms. The Morgan fingerprint density at radius 3 is 2.10 bits per heavy atom. The third-order valence-corrected chi connectivity index (χ3v) is 3.85. The number of hydrogen-bond donors (Lipinski definition) is 1. The zero-order chi connectivity index (χ0) is 15.0. The van der Waals surface area contributed by atoms with Crippen LogP contribution in [-0.2, 0) is 0 Å². The summed E-state index contributed by atoms with van der Waals surface area (Å²) in [5, 5.41) is 0. The number of benzene rings is 2. The van der Waals surface area contributed by atoms with E-state index in [4.69, 9.17) is 5.73 Å². The van der Waals surface area contributed by atoms with Gasteiger partial charge < -0.3 is 5.73 Å². The molecule has 0 radical (unpaired) electrons. The molecule has 0 aliphatic rings. The smallest absolute Gasteiger partial charge is 0.197 e. The van der Waals surface area contributed by atoms with E-state index in [0.29, 0.717) is 0 Å². The second kappa shape index (κ2) is 5.57. The lowest BCUT2D eigenvalue weighted by atomic mass is 10.0. The Bertz CT molecular complexity index is 660. The quantitative estimate of drug-likeness (QED) is 0.453. The molecule has 0 aliphatic heterocycles. The summed E-state index contributed by atoms with van der Waals surface area (Å²) in [5.41, 5.74) is 4.61. The Hall–Kier alpha value is -1.34. The highest BCUT2D eigenvalue weighted by Crippen LogP contribution is 2.27. The molecule has 0 aromatic heterocycles. The van der Waals surface area contributed by atoms with Crippen molar-refractivity contribution in [3.8, 4) is 0 Å². The number of carbonyl (C=O) groups is 1. The Balaban J connectivity index is 2.57. The molecule has 0 fully saturated rings. The van der Waals surface area contributed by atoms with E-state index in [1.165, 1.54) is 0 Å². The molecule has 2 aromatic rings. The van der Waals surface area contributed by atoms with Gasteiger partial charge in [0.05, 0.1) is 15.7 Å². The molecule has 0 saturated carbocycles. The van der Waals surface area contributed by atoms with E-state index in [9.17, 15) is 18.0 Å². The summed E-state index contributed by atoms with van der Waals surface area (Å²) >= 11 is 5.81. The van der Waals surface area contributed by atoms with Crippen LogP contribution in [0.1, 0.15) is 15.9 Å². The van der Waals surface area contributed by atoms with Gasteiger partial charge in [0, 0.05) is 10.0 Å². The second-order valence-electron chi connectivity index (χ2n) is 3.93. The molecule has 2 aromatic carbocycles. The average molecular weight is 409 g/mol. The van der Waals surface area contributed by atoms with Gasteiger partial charge in [0.2, 0.25) is 0 Å². The maximum absolute atomic E-state index is 13.7. The zero-order valence-electron chi connectivity index (χ0n) is 9.68. The molecule has 2 nitrogen and oxygen atoms in total. The summed E-state index contributed by atoms with van der Waals surface area (Å²) in [6.07, 6.45) is 0. The lowest BCUT2D eigenvalue weighted by Gasteiger charge is -2.08. The van der Waals surface area contributed by atoms with E-state index in [1.54, 1.807) is 0 Å². The van der Waals surface area contributed by atoms with Crippen LogP contribution in [0.25, 0.3) is 0 Å². The average Bonchev–Trinajstić information content (AvgIpc) is 2.37. The van der Waals surface area contributed by atoms with Crippen LogP contribution >= 0.6 is 31.9 Å². The molecule has 0 saturated heterocycles. The number of halogens is 5. The highest BCUT2D eigenvalue weighted by Gasteiger charge is 2.20. The van der Waals surface area contributed by atoms with Gasteiger partial charge >= 0.3 is 0 Å². The summed E-state index contributed by atoms with van der Waals surface area (Å²) in [5.74, 6) is -3.18. The van der Waals surface area contributed by atoms with Gasteiger partial charge in [-0.2, -0.15) is 0 Å². The number of rotatable bonds is 2. The minimum atomic E-state index is -0.891. The molecule has 0 bridgehead atoms. The van der Waals surface area contributed by atoms with Crippen LogP contribution in [0.15, 0.2) is 33.2 Å². The first-order chi connectivity index (χ1) is 9.31. The first-order valence-electron chi connectivity index (χ1n) is 5.25. The number of nitrogen functional groups attached to an aromatic ring is 1. The van der Waals surface area contributed by atoms with Gasteiger partial charge in [-0.25, -0.2) is 13.2 Å². The standard InChI is InChI=1S/C13H6Br2F3NO/c14-7-3-11(18)12(19)2-5(7)13(20)6-1-10(17)8(15)4-9(6)16/h1-4H,19H2. The highest BCUT2D eigenvalue weighted by atomic mass is 79.9. The number of nitrogens with two attached hydrogens (primary N) is 1. The first-order valence-corrected chi connectivity index (χ1v) is 6.83. The zero-order valence-corrected chi connectivity index (χ0v) is 12.9. The van der Waals surface area contributed by atoms with Crippen molar-refractivity contribution < 1.29 is 18.0 Å². The normalized spacial score (nSPS) is 10.7. The molecular weight excluding hydrogens is 403 g/mol. The fourth-order valence-electron chi connectivity index (χ4n) is 1.58. The van der Waals surface area contributed by atoms with Gasteiger partial charge in [-0.05, 0) is 56.1 Å². The minimum Gasteiger partial charge on any atom is -0.396 e. The van der Waals surface area contributed by atoms with Crippen molar-refractivity contribution in [2.75, 3.05) is 5.73 Å². The van der Waals surface area contributed by atoms with Crippen LogP contribution < -0.4 is 5.73 Å². The lowest BCUT2D eigenvalue weighted by Crippen LogP contribution is -2.08. The number of anilines is 1. The molecule has 0 amide bonds. The number of carbonyl (C=O) groups excluding carboxylic acids is 1. The van der Waals surface area contributed by atoms with E-state index in [-0.39, 0.29) is 20.2 Å². The third kappa shape index (κ3) is 2.73. The van der Waals surface area contributed by atoms with Crippen molar-refractivity contribution in [2.24, 2.45) is 0 Å². The summed E-state index contributed by atoms with van der Waals surface area (Å²) in [6, 6.07) is 3.69. The first kappa shape index (κ1) is 15.1. The van der Waals surface area contributed by atoms with Crippen LogP contribution in [0.3, 0.4) is 0 Å². The van der Waals surface area contributed by atoms with Crippen LogP contribution in [0.5, 0.6) is 0 Å². The summed E-state index contributed by atoms with van der Waals surface area (Å²) in [7, 11) is 0. The Kier molecular flexibility index (Phi) is 4.19. The van der Waals surface area contributed by atoms with Crippen LogP contribution in [-0.4, -0.2) is 5.78 Å². The predicted octanol–water partition coefficient (Wildman–Crippen LogP) is 4.44. The highest BCUT2D eigenvalue weighted by molar-refractivity contribution is 9.10. The van der Waals surface area contributed by atoms with Crippen molar-refractivity contribution >= 4 is 43.3 Å². The van der Waals surface area contributed by atoms with Crippen LogP contribution in [0, 0.1) is 17.5 Å². The van der Waals surface area contributed by atoms with Crippen molar-refractivity contribution in [1.29, 1.82) is 0 Å². The van der Waals surface area contributed by atoms with Gasteiger partial charge in [-0.15, -0.1) is 0 Å². The fraction of sp³-hybridized carbons (Fsp3) is 0. The maximum Gasteiger partial charge on any atom is 0.197 e. The molecule has 7 heteroatoms. The van der Waals surface area contributed by atoms with Gasteiger partial charge in [0.25, 0.3) is 0 Å². The molecule has 20 heavy (non-hydrogen) atoms. The molecule has 0 atom stereocenters. The fourth-order valence-corrected chi connectivity index (χ4v) is 2.39. The van der Waals surface area contributed by atoms with E-state index in [1.807, 2.05) is 0 Å². The van der Waals surface area contributed by atoms with Gasteiger partial charge in [-0.1, -0.05) is 0 Å². The largest absolute Gasteiger partial charge is 0.396 e. The summed E-state index contributed by atoms with van der Waals surface area (Å²) < 4.78 is 40.4. The topological polar surface area (TPSA) is 43.1 Å². The van der Waals surface area contributed by atoms with Gasteiger partial charge in [0.15, 0.2) is 5.78 Å². The maximum atomic E-state index is 13.7. The van der Waals surface area contributed by atoms with Gasteiger partial charge in [0.1, 0.15) is 17.5 Å². The van der Waals surface area contributed by atoms with E-state index < -0.39 is 28.8 Å². The number of hydrogen-bond acceptors (Lipinski definition) is 2. The van der Waals surface area contributed by atoms with Crippen molar-refractivity contribution in [3.05, 3.63) is 61.8 Å². The Morgan fingerprint density at radius 1 is 0.850 bits per heavy atom. The molecule has 0 heterocycles. The molecule has 104 valence electrons. The molecule has 2 rings (SSSR count). The molecular formula is C13H6Br2F3NO. The SMILES string of the molecule is Nc1cc(C(=O)c2cc(F)c(Br)cc2F)c(Br)cc1F. The Labute approximate surface area is 129 Å². The number of ketones is 1. The predicted molar refractivity (Wildman–Crippen MR) is 76.0 cm³/mol. The second-order valence-corrected chi connectivity index (χ2v) is 5.64. The van der Waals surface area contributed by atoms with Crippen LogP contribution in [0.2, 0.25) is 0 Å². The third-order valence-electron chi connectivity index (χ3n) is 2.59. The molecule has 0 aliphatic carbocycles. The summed E-state index contributed by atoms with van der Waals surface area (Å²) in [6.45, 7) is 0. The van der Waals surface area contributed by atoms with Crippen LogP contribution in [0.4, 0.5) is 18.9 Å². The minimum absolute atomic E-state index is 0.0514. The monoisotopic (exact) mass is 407 g/mol. The lowest BCUT2D eigenvalue weighted by molar-refractivity contribution is 0.103. The van der Waals surface area contributed by atoms with Crippen molar-refractivity contribution in [3.63, 3.8) is 0 Å². The Morgan fingerprint density at radius 2 is 1.45 bits per heavy atom. The van der Waals surface area contributed by atoms with Gasteiger partial charge in [-0.3, -0.25) is 4.79 Å². The van der Waals surface area contributed by atoms with E-state index in [2.05, 4.69) is 31.9 Å². The van der Waals surface area contributed by atoms with Crippen molar-refractivity contribution in [2.45, 2.75) is 0 Å².